The average Bonchev–Trinajstić information content (AvgIpc) is 2.40. The maximum atomic E-state index is 9.69. The summed E-state index contributed by atoms with van der Waals surface area (Å²) in [5, 5.41) is 13.1. The van der Waals surface area contributed by atoms with Gasteiger partial charge in [-0.2, -0.15) is 0 Å². The van der Waals surface area contributed by atoms with Crippen LogP contribution in [0.25, 0.3) is 0 Å². The molecule has 2 atom stereocenters. The summed E-state index contributed by atoms with van der Waals surface area (Å²) >= 11 is 3.52. The van der Waals surface area contributed by atoms with Crippen LogP contribution < -0.4 is 5.32 Å². The van der Waals surface area contributed by atoms with Gasteiger partial charge in [-0.25, -0.2) is 0 Å². The Bertz CT molecular complexity index is 399. The largest absolute Gasteiger partial charge is 0.392 e. The minimum Gasteiger partial charge on any atom is -0.392 e. The number of aliphatic hydroxyl groups excluding tert-OH is 1. The van der Waals surface area contributed by atoms with Crippen molar-refractivity contribution in [2.75, 3.05) is 26.7 Å². The molecule has 1 saturated heterocycles. The summed E-state index contributed by atoms with van der Waals surface area (Å²) in [6.45, 7) is 2.98. The molecule has 1 aromatic carbocycles. The van der Waals surface area contributed by atoms with Crippen LogP contribution in [0.15, 0.2) is 28.7 Å². The van der Waals surface area contributed by atoms with Gasteiger partial charge in [-0.3, -0.25) is 0 Å². The van der Waals surface area contributed by atoms with E-state index in [0.717, 1.165) is 43.4 Å². The number of hydrogen-bond acceptors (Lipinski definition) is 3. The van der Waals surface area contributed by atoms with Gasteiger partial charge < -0.3 is 15.3 Å². The molecular formula is C15H23BrN2O. The molecule has 2 N–H and O–H groups in total. The van der Waals surface area contributed by atoms with Gasteiger partial charge in [-0.05, 0) is 50.6 Å². The first-order chi connectivity index (χ1) is 9.19. The number of halogens is 1. The molecule has 2 rings (SSSR count). The lowest BCUT2D eigenvalue weighted by molar-refractivity contribution is 0.0687. The molecule has 19 heavy (non-hydrogen) atoms. The number of rotatable bonds is 5. The SMILES string of the molecule is CNC(CCN1CCCC(O)C1)c1cccc(Br)c1. The lowest BCUT2D eigenvalue weighted by atomic mass is 10.0. The number of benzene rings is 1. The molecule has 0 spiro atoms. The summed E-state index contributed by atoms with van der Waals surface area (Å²) < 4.78 is 1.12. The third-order valence-corrected chi connectivity index (χ3v) is 4.31. The molecule has 0 radical (unpaired) electrons. The minimum atomic E-state index is -0.132. The van der Waals surface area contributed by atoms with Crippen molar-refractivity contribution in [1.82, 2.24) is 10.2 Å². The van der Waals surface area contributed by atoms with Crippen LogP contribution in [0.1, 0.15) is 30.9 Å². The number of nitrogens with one attached hydrogen (secondary N) is 1. The van der Waals surface area contributed by atoms with Gasteiger partial charge in [0.05, 0.1) is 6.10 Å². The van der Waals surface area contributed by atoms with Crippen molar-refractivity contribution in [2.45, 2.75) is 31.4 Å². The third-order valence-electron chi connectivity index (χ3n) is 3.81. The molecule has 1 heterocycles. The fourth-order valence-electron chi connectivity index (χ4n) is 2.75. The highest BCUT2D eigenvalue weighted by molar-refractivity contribution is 9.10. The predicted octanol–water partition coefficient (Wildman–Crippen LogP) is 2.56. The normalized spacial score (nSPS) is 22.4. The Labute approximate surface area is 124 Å². The molecular weight excluding hydrogens is 304 g/mol. The van der Waals surface area contributed by atoms with E-state index in [1.165, 1.54) is 5.56 Å². The number of likely N-dealkylation sites (tertiary alicyclic amines) is 1. The molecule has 3 nitrogen and oxygen atoms in total. The Hall–Kier alpha value is -0.420. The fraction of sp³-hybridized carbons (Fsp3) is 0.600. The van der Waals surface area contributed by atoms with Crippen LogP contribution in [-0.2, 0) is 0 Å². The summed E-state index contributed by atoms with van der Waals surface area (Å²) in [5.41, 5.74) is 1.31. The highest BCUT2D eigenvalue weighted by Crippen LogP contribution is 2.21. The smallest absolute Gasteiger partial charge is 0.0667 e. The van der Waals surface area contributed by atoms with E-state index >= 15 is 0 Å². The molecule has 0 saturated carbocycles. The van der Waals surface area contributed by atoms with E-state index in [2.05, 4.69) is 50.4 Å². The van der Waals surface area contributed by atoms with Gasteiger partial charge in [-0.15, -0.1) is 0 Å². The van der Waals surface area contributed by atoms with Crippen molar-refractivity contribution in [3.63, 3.8) is 0 Å². The van der Waals surface area contributed by atoms with Crippen molar-refractivity contribution in [3.05, 3.63) is 34.3 Å². The van der Waals surface area contributed by atoms with Gasteiger partial charge in [-0.1, -0.05) is 28.1 Å². The van der Waals surface area contributed by atoms with Gasteiger partial charge in [0.1, 0.15) is 0 Å². The second-order valence-corrected chi connectivity index (χ2v) is 6.20. The summed E-state index contributed by atoms with van der Waals surface area (Å²) in [7, 11) is 2.01. The predicted molar refractivity (Wildman–Crippen MR) is 82.2 cm³/mol. The zero-order chi connectivity index (χ0) is 13.7. The monoisotopic (exact) mass is 326 g/mol. The zero-order valence-corrected chi connectivity index (χ0v) is 13.1. The van der Waals surface area contributed by atoms with Crippen LogP contribution in [0.4, 0.5) is 0 Å². The maximum Gasteiger partial charge on any atom is 0.0667 e. The highest BCUT2D eigenvalue weighted by atomic mass is 79.9. The van der Waals surface area contributed by atoms with Gasteiger partial charge in [0.15, 0.2) is 0 Å². The summed E-state index contributed by atoms with van der Waals surface area (Å²) in [5.74, 6) is 0. The molecule has 1 aliphatic heterocycles. The van der Waals surface area contributed by atoms with Gasteiger partial charge >= 0.3 is 0 Å². The quantitative estimate of drug-likeness (QED) is 0.872. The topological polar surface area (TPSA) is 35.5 Å². The maximum absolute atomic E-state index is 9.69. The number of aliphatic hydroxyl groups is 1. The molecule has 0 bridgehead atoms. The minimum absolute atomic E-state index is 0.132. The lowest BCUT2D eigenvalue weighted by Gasteiger charge is -2.31. The second kappa shape index (κ2) is 7.39. The number of piperidine rings is 1. The fourth-order valence-corrected chi connectivity index (χ4v) is 3.16. The molecule has 4 heteroatoms. The van der Waals surface area contributed by atoms with Crippen LogP contribution in [0.2, 0.25) is 0 Å². The second-order valence-electron chi connectivity index (χ2n) is 5.28. The van der Waals surface area contributed by atoms with E-state index in [-0.39, 0.29) is 6.10 Å². The van der Waals surface area contributed by atoms with E-state index in [0.29, 0.717) is 6.04 Å². The van der Waals surface area contributed by atoms with E-state index in [9.17, 15) is 5.11 Å². The molecule has 1 aromatic rings. The van der Waals surface area contributed by atoms with Gasteiger partial charge in [0.2, 0.25) is 0 Å². The molecule has 0 aliphatic carbocycles. The van der Waals surface area contributed by atoms with Crippen molar-refractivity contribution in [1.29, 1.82) is 0 Å². The van der Waals surface area contributed by atoms with Crippen molar-refractivity contribution >= 4 is 15.9 Å². The van der Waals surface area contributed by atoms with Crippen LogP contribution in [0.3, 0.4) is 0 Å². The van der Waals surface area contributed by atoms with Crippen LogP contribution in [0, 0.1) is 0 Å². The molecule has 2 unspecified atom stereocenters. The molecule has 1 aliphatic rings. The van der Waals surface area contributed by atoms with Crippen molar-refractivity contribution in [2.24, 2.45) is 0 Å². The molecule has 0 aromatic heterocycles. The first-order valence-corrected chi connectivity index (χ1v) is 7.81. The van der Waals surface area contributed by atoms with E-state index in [4.69, 9.17) is 0 Å². The Morgan fingerprint density at radius 3 is 3.05 bits per heavy atom. The average molecular weight is 327 g/mol. The highest BCUT2D eigenvalue weighted by Gasteiger charge is 2.18. The molecule has 1 fully saturated rings. The van der Waals surface area contributed by atoms with Crippen molar-refractivity contribution in [3.8, 4) is 0 Å². The summed E-state index contributed by atoms with van der Waals surface area (Å²) in [4.78, 5) is 2.37. The van der Waals surface area contributed by atoms with E-state index in [1.54, 1.807) is 0 Å². The Morgan fingerprint density at radius 2 is 2.37 bits per heavy atom. The van der Waals surface area contributed by atoms with Crippen LogP contribution >= 0.6 is 15.9 Å². The number of hydrogen-bond donors (Lipinski definition) is 2. The molecule has 0 amide bonds. The first kappa shape index (κ1) is 15.0. The number of β-amino-alcohol motifs (C(OH)–C–C–N with tert-alkyl or cyclic N) is 1. The Balaban J connectivity index is 1.89. The Morgan fingerprint density at radius 1 is 1.53 bits per heavy atom. The van der Waals surface area contributed by atoms with E-state index < -0.39 is 0 Å². The zero-order valence-electron chi connectivity index (χ0n) is 11.5. The third kappa shape index (κ3) is 4.56. The van der Waals surface area contributed by atoms with Crippen molar-refractivity contribution < 1.29 is 5.11 Å². The lowest BCUT2D eigenvalue weighted by Crippen LogP contribution is -2.39. The summed E-state index contributed by atoms with van der Waals surface area (Å²) in [6, 6.07) is 8.84. The molecule has 106 valence electrons. The van der Waals surface area contributed by atoms with Crippen LogP contribution in [0.5, 0.6) is 0 Å². The Kier molecular flexibility index (Phi) is 5.82. The van der Waals surface area contributed by atoms with E-state index in [1.807, 2.05) is 7.05 Å². The van der Waals surface area contributed by atoms with Gasteiger partial charge in [0.25, 0.3) is 0 Å². The summed E-state index contributed by atoms with van der Waals surface area (Å²) in [6.07, 6.45) is 3.01. The standard InChI is InChI=1S/C15H23BrN2O/c1-17-15(12-4-2-5-13(16)10-12)7-9-18-8-3-6-14(19)11-18/h2,4-5,10,14-15,17,19H,3,6-9,11H2,1H3. The number of nitrogens with zero attached hydrogens (tertiary/aromatic N) is 1. The van der Waals surface area contributed by atoms with Gasteiger partial charge in [0, 0.05) is 23.6 Å². The van der Waals surface area contributed by atoms with Crippen LogP contribution in [-0.4, -0.2) is 42.8 Å². The first-order valence-electron chi connectivity index (χ1n) is 7.02.